The van der Waals surface area contributed by atoms with Crippen LogP contribution in [-0.2, 0) is 6.54 Å². The number of imidazole rings is 1. The number of aryl methyl sites for hydroxylation is 1. The van der Waals surface area contributed by atoms with Crippen molar-refractivity contribution in [2.24, 2.45) is 0 Å². The first-order valence-corrected chi connectivity index (χ1v) is 7.88. The highest BCUT2D eigenvalue weighted by Gasteiger charge is 2.12. The van der Waals surface area contributed by atoms with Crippen LogP contribution in [0.2, 0.25) is 0 Å². The number of fused-ring (bicyclic) bond motifs is 1. The smallest absolute Gasteiger partial charge is 0.326 e. The third-order valence-electron chi connectivity index (χ3n) is 3.67. The summed E-state index contributed by atoms with van der Waals surface area (Å²) in [6, 6.07) is 14.7. The molecule has 2 aromatic carbocycles. The van der Waals surface area contributed by atoms with Crippen molar-refractivity contribution in [2.75, 3.05) is 17.7 Å². The summed E-state index contributed by atoms with van der Waals surface area (Å²) < 4.78 is 7.12. The van der Waals surface area contributed by atoms with Gasteiger partial charge in [0.15, 0.2) is 0 Å². The average Bonchev–Trinajstić information content (AvgIpc) is 2.93. The molecule has 0 fully saturated rings. The van der Waals surface area contributed by atoms with E-state index in [1.807, 2.05) is 28.8 Å². The van der Waals surface area contributed by atoms with Gasteiger partial charge >= 0.3 is 6.03 Å². The van der Waals surface area contributed by atoms with Gasteiger partial charge in [0, 0.05) is 12.2 Å². The minimum Gasteiger partial charge on any atom is -0.497 e. The number of benzene rings is 2. The van der Waals surface area contributed by atoms with Gasteiger partial charge in [0.25, 0.3) is 0 Å². The van der Waals surface area contributed by atoms with Crippen molar-refractivity contribution in [3.8, 4) is 5.75 Å². The maximum atomic E-state index is 12.3. The van der Waals surface area contributed by atoms with Gasteiger partial charge in [0.1, 0.15) is 5.75 Å². The van der Waals surface area contributed by atoms with Gasteiger partial charge in [-0.3, -0.25) is 5.32 Å². The molecule has 0 aliphatic rings. The number of rotatable bonds is 5. The zero-order valence-electron chi connectivity index (χ0n) is 13.7. The molecule has 0 unspecified atom stereocenters. The van der Waals surface area contributed by atoms with Gasteiger partial charge in [-0.15, -0.1) is 0 Å². The Morgan fingerprint density at radius 2 is 1.88 bits per heavy atom. The molecule has 0 spiro atoms. The lowest BCUT2D eigenvalue weighted by molar-refractivity contribution is 0.262. The van der Waals surface area contributed by atoms with Gasteiger partial charge in [0.05, 0.1) is 18.1 Å². The van der Waals surface area contributed by atoms with E-state index in [4.69, 9.17) is 4.74 Å². The molecule has 6 heteroatoms. The normalized spacial score (nSPS) is 10.6. The van der Waals surface area contributed by atoms with E-state index in [0.29, 0.717) is 11.6 Å². The van der Waals surface area contributed by atoms with Gasteiger partial charge in [-0.1, -0.05) is 19.1 Å². The second kappa shape index (κ2) is 7.04. The molecule has 0 saturated carbocycles. The number of urea groups is 1. The van der Waals surface area contributed by atoms with E-state index in [0.717, 1.165) is 29.7 Å². The van der Waals surface area contributed by atoms with Crippen molar-refractivity contribution < 1.29 is 9.53 Å². The molecule has 0 radical (unpaired) electrons. The fourth-order valence-electron chi connectivity index (χ4n) is 2.56. The third-order valence-corrected chi connectivity index (χ3v) is 3.67. The number of nitrogens with one attached hydrogen (secondary N) is 2. The molecule has 3 aromatic rings. The van der Waals surface area contributed by atoms with Gasteiger partial charge in [0.2, 0.25) is 5.95 Å². The Labute approximate surface area is 140 Å². The first-order chi connectivity index (χ1) is 11.7. The van der Waals surface area contributed by atoms with Crippen LogP contribution in [0.4, 0.5) is 16.4 Å². The standard InChI is InChI=1S/C18H20N4O2/c1-3-12-22-16-7-5-4-6-15(16)20-17(22)21-18(23)19-13-8-10-14(24-2)11-9-13/h4-11H,3,12H2,1-2H3,(H2,19,20,21,23). The highest BCUT2D eigenvalue weighted by Crippen LogP contribution is 2.20. The fourth-order valence-corrected chi connectivity index (χ4v) is 2.56. The monoisotopic (exact) mass is 324 g/mol. The zero-order chi connectivity index (χ0) is 16.9. The highest BCUT2D eigenvalue weighted by molar-refractivity contribution is 5.99. The van der Waals surface area contributed by atoms with Crippen LogP contribution in [0.25, 0.3) is 11.0 Å². The molecule has 0 bridgehead atoms. The van der Waals surface area contributed by atoms with Crippen LogP contribution in [0.3, 0.4) is 0 Å². The SMILES string of the molecule is CCCn1c(NC(=O)Nc2ccc(OC)cc2)nc2ccccc21. The van der Waals surface area contributed by atoms with E-state index < -0.39 is 0 Å². The molecular weight excluding hydrogens is 304 g/mol. The van der Waals surface area contributed by atoms with Crippen LogP contribution < -0.4 is 15.4 Å². The Morgan fingerprint density at radius 1 is 1.12 bits per heavy atom. The first-order valence-electron chi connectivity index (χ1n) is 7.88. The molecule has 3 rings (SSSR count). The van der Waals surface area contributed by atoms with Crippen LogP contribution >= 0.6 is 0 Å². The van der Waals surface area contributed by atoms with E-state index >= 15 is 0 Å². The number of ether oxygens (including phenoxy) is 1. The van der Waals surface area contributed by atoms with Gasteiger partial charge < -0.3 is 14.6 Å². The summed E-state index contributed by atoms with van der Waals surface area (Å²) in [5.74, 6) is 1.29. The lowest BCUT2D eigenvalue weighted by Crippen LogP contribution is -2.22. The first kappa shape index (κ1) is 15.9. The summed E-state index contributed by atoms with van der Waals surface area (Å²) >= 11 is 0. The second-order valence-corrected chi connectivity index (χ2v) is 5.38. The summed E-state index contributed by atoms with van der Waals surface area (Å²) in [6.07, 6.45) is 0.954. The maximum Gasteiger partial charge on any atom is 0.326 e. The average molecular weight is 324 g/mol. The molecule has 1 aromatic heterocycles. The predicted molar refractivity (Wildman–Crippen MR) is 95.7 cm³/mol. The highest BCUT2D eigenvalue weighted by atomic mass is 16.5. The molecule has 1 heterocycles. The Bertz CT molecular complexity index is 840. The summed E-state index contributed by atoms with van der Waals surface area (Å²) in [7, 11) is 1.60. The number of amides is 2. The lowest BCUT2D eigenvalue weighted by Gasteiger charge is -2.10. The maximum absolute atomic E-state index is 12.3. The van der Waals surface area contributed by atoms with E-state index in [2.05, 4.69) is 22.5 Å². The molecule has 6 nitrogen and oxygen atoms in total. The molecular formula is C18H20N4O2. The van der Waals surface area contributed by atoms with Crippen LogP contribution in [-0.4, -0.2) is 22.7 Å². The van der Waals surface area contributed by atoms with Crippen molar-refractivity contribution in [1.82, 2.24) is 9.55 Å². The number of para-hydroxylation sites is 2. The lowest BCUT2D eigenvalue weighted by atomic mass is 10.3. The minimum atomic E-state index is -0.326. The Balaban J connectivity index is 1.78. The van der Waals surface area contributed by atoms with E-state index in [1.54, 1.807) is 31.4 Å². The summed E-state index contributed by atoms with van der Waals surface area (Å²) in [5.41, 5.74) is 2.57. The Morgan fingerprint density at radius 3 is 2.58 bits per heavy atom. The van der Waals surface area contributed by atoms with Crippen molar-refractivity contribution in [3.63, 3.8) is 0 Å². The van der Waals surface area contributed by atoms with Crippen LogP contribution in [0.15, 0.2) is 48.5 Å². The number of hydrogen-bond acceptors (Lipinski definition) is 3. The minimum absolute atomic E-state index is 0.326. The third kappa shape index (κ3) is 3.32. The fraction of sp³-hybridized carbons (Fsp3) is 0.222. The van der Waals surface area contributed by atoms with E-state index in [-0.39, 0.29) is 6.03 Å². The number of carbonyl (C=O) groups is 1. The number of nitrogens with zero attached hydrogens (tertiary/aromatic N) is 2. The predicted octanol–water partition coefficient (Wildman–Crippen LogP) is 4.10. The molecule has 0 atom stereocenters. The van der Waals surface area contributed by atoms with Crippen molar-refractivity contribution in [1.29, 1.82) is 0 Å². The molecule has 0 saturated heterocycles. The molecule has 0 aliphatic carbocycles. The quantitative estimate of drug-likeness (QED) is 0.742. The molecule has 124 valence electrons. The van der Waals surface area contributed by atoms with Gasteiger partial charge in [-0.25, -0.2) is 9.78 Å². The molecule has 2 amide bonds. The van der Waals surface area contributed by atoms with Gasteiger partial charge in [-0.05, 0) is 42.8 Å². The number of methoxy groups -OCH3 is 1. The van der Waals surface area contributed by atoms with E-state index in [9.17, 15) is 4.79 Å². The van der Waals surface area contributed by atoms with Crippen LogP contribution in [0.5, 0.6) is 5.75 Å². The van der Waals surface area contributed by atoms with Gasteiger partial charge in [-0.2, -0.15) is 0 Å². The summed E-state index contributed by atoms with van der Waals surface area (Å²) in [5, 5.41) is 5.63. The second-order valence-electron chi connectivity index (χ2n) is 5.38. The molecule has 24 heavy (non-hydrogen) atoms. The van der Waals surface area contributed by atoms with Crippen LogP contribution in [0, 0.1) is 0 Å². The zero-order valence-corrected chi connectivity index (χ0v) is 13.7. The summed E-state index contributed by atoms with van der Waals surface area (Å²) in [4.78, 5) is 16.8. The topological polar surface area (TPSA) is 68.2 Å². The number of aromatic nitrogens is 2. The van der Waals surface area contributed by atoms with Crippen molar-refractivity contribution in [2.45, 2.75) is 19.9 Å². The number of carbonyl (C=O) groups excluding carboxylic acids is 1. The van der Waals surface area contributed by atoms with Crippen molar-refractivity contribution in [3.05, 3.63) is 48.5 Å². The Kier molecular flexibility index (Phi) is 4.65. The summed E-state index contributed by atoms with van der Waals surface area (Å²) in [6.45, 7) is 2.88. The van der Waals surface area contributed by atoms with E-state index in [1.165, 1.54) is 0 Å². The number of anilines is 2. The van der Waals surface area contributed by atoms with Crippen molar-refractivity contribution >= 4 is 28.7 Å². The molecule has 0 aliphatic heterocycles. The molecule has 2 N–H and O–H groups in total. The number of hydrogen-bond donors (Lipinski definition) is 2. The largest absolute Gasteiger partial charge is 0.497 e. The Hall–Kier alpha value is -3.02. The van der Waals surface area contributed by atoms with Crippen LogP contribution in [0.1, 0.15) is 13.3 Å².